The molecule has 0 radical (unpaired) electrons. The highest BCUT2D eigenvalue weighted by atomic mass is 19.1. The van der Waals surface area contributed by atoms with Gasteiger partial charge in [0, 0.05) is 29.8 Å². The smallest absolute Gasteiger partial charge is 0.295 e. The van der Waals surface area contributed by atoms with Gasteiger partial charge in [-0.2, -0.15) is 0 Å². The third kappa shape index (κ3) is 6.60. The Morgan fingerprint density at radius 3 is 2.16 bits per heavy atom. The molecule has 1 fully saturated rings. The van der Waals surface area contributed by atoms with Gasteiger partial charge in [-0.3, -0.25) is 19.7 Å². The van der Waals surface area contributed by atoms with E-state index in [2.05, 4.69) is 18.7 Å². The van der Waals surface area contributed by atoms with Crippen LogP contribution in [0.1, 0.15) is 63.1 Å². The van der Waals surface area contributed by atoms with Crippen LogP contribution in [0.25, 0.3) is 5.76 Å². The van der Waals surface area contributed by atoms with Crippen molar-refractivity contribution in [3.63, 3.8) is 0 Å². The van der Waals surface area contributed by atoms with Crippen molar-refractivity contribution < 1.29 is 24.0 Å². The molecule has 3 rings (SSSR count). The second-order valence-electron chi connectivity index (χ2n) is 9.22. The van der Waals surface area contributed by atoms with Crippen LogP contribution in [0.15, 0.2) is 54.1 Å². The number of benzene rings is 2. The molecule has 1 saturated heterocycles. The number of hydrogen-bond donors (Lipinski definition) is 1. The van der Waals surface area contributed by atoms with Crippen LogP contribution in [0.2, 0.25) is 0 Å². The number of aliphatic hydroxyl groups excluding tert-OH is 1. The Labute approximate surface area is 216 Å². The zero-order valence-corrected chi connectivity index (χ0v) is 21.4. The summed E-state index contributed by atoms with van der Waals surface area (Å²) in [6.45, 7) is 7.12. The minimum absolute atomic E-state index is 0.110. The van der Waals surface area contributed by atoms with Gasteiger partial charge < -0.3 is 14.9 Å². The van der Waals surface area contributed by atoms with E-state index in [-0.39, 0.29) is 28.9 Å². The van der Waals surface area contributed by atoms with Gasteiger partial charge in [0.1, 0.15) is 11.6 Å². The summed E-state index contributed by atoms with van der Waals surface area (Å²) in [6, 6.07) is 9.78. The van der Waals surface area contributed by atoms with E-state index in [0.717, 1.165) is 45.3 Å². The van der Waals surface area contributed by atoms with Gasteiger partial charge in [-0.05, 0) is 57.1 Å². The molecule has 1 atom stereocenters. The number of non-ortho nitro benzene ring substituents is 1. The first kappa shape index (κ1) is 28.0. The first-order chi connectivity index (χ1) is 17.8. The van der Waals surface area contributed by atoms with Crippen molar-refractivity contribution in [3.05, 3.63) is 81.2 Å². The zero-order chi connectivity index (χ0) is 26.9. The van der Waals surface area contributed by atoms with Crippen molar-refractivity contribution in [2.24, 2.45) is 0 Å². The lowest BCUT2D eigenvalue weighted by Crippen LogP contribution is -2.34. The quantitative estimate of drug-likeness (QED) is 0.126. The fraction of sp³-hybridized carbons (Fsp3) is 0.429. The van der Waals surface area contributed by atoms with Gasteiger partial charge in [-0.15, -0.1) is 0 Å². The second kappa shape index (κ2) is 13.1. The molecule has 0 spiro atoms. The number of nitro groups is 1. The molecule has 1 aliphatic rings. The van der Waals surface area contributed by atoms with Gasteiger partial charge in [0.15, 0.2) is 0 Å². The Morgan fingerprint density at radius 1 is 1.00 bits per heavy atom. The van der Waals surface area contributed by atoms with Crippen molar-refractivity contribution in [1.82, 2.24) is 9.80 Å². The Bertz CT molecular complexity index is 1140. The van der Waals surface area contributed by atoms with Crippen molar-refractivity contribution in [1.29, 1.82) is 0 Å². The number of carbonyl (C=O) groups is 2. The molecule has 0 saturated carbocycles. The van der Waals surface area contributed by atoms with E-state index < -0.39 is 34.2 Å². The number of unbranched alkanes of at least 4 members (excludes halogenated alkanes) is 2. The number of halogens is 1. The summed E-state index contributed by atoms with van der Waals surface area (Å²) in [5, 5.41) is 22.1. The number of ketones is 1. The van der Waals surface area contributed by atoms with Gasteiger partial charge in [0.25, 0.3) is 17.4 Å². The largest absolute Gasteiger partial charge is 0.507 e. The maximum absolute atomic E-state index is 14.9. The molecule has 1 heterocycles. The first-order valence-corrected chi connectivity index (χ1v) is 12.8. The summed E-state index contributed by atoms with van der Waals surface area (Å²) in [4.78, 5) is 40.3. The molecule has 37 heavy (non-hydrogen) atoms. The van der Waals surface area contributed by atoms with E-state index in [4.69, 9.17) is 0 Å². The van der Waals surface area contributed by atoms with Gasteiger partial charge in [0.05, 0.1) is 16.5 Å². The lowest BCUT2D eigenvalue weighted by molar-refractivity contribution is -0.384. The predicted molar refractivity (Wildman–Crippen MR) is 139 cm³/mol. The van der Waals surface area contributed by atoms with Crippen LogP contribution in [0.5, 0.6) is 0 Å². The molecule has 198 valence electrons. The van der Waals surface area contributed by atoms with E-state index in [1.54, 1.807) is 6.07 Å². The summed E-state index contributed by atoms with van der Waals surface area (Å²) in [7, 11) is 0. The van der Waals surface area contributed by atoms with Crippen molar-refractivity contribution in [3.8, 4) is 0 Å². The van der Waals surface area contributed by atoms with Crippen molar-refractivity contribution >= 4 is 23.1 Å². The third-order valence-electron chi connectivity index (χ3n) is 6.62. The Kier molecular flexibility index (Phi) is 9.91. The van der Waals surface area contributed by atoms with Crippen molar-refractivity contribution in [2.45, 2.75) is 52.0 Å². The second-order valence-corrected chi connectivity index (χ2v) is 9.22. The number of rotatable bonds is 13. The SMILES string of the molecule is CCCCN(CCCC)CCCN1C(=O)C(=O)C(=C(O)c2ccc([N+](=O)[O-])cc2)[C@@H]1c1ccccc1F. The summed E-state index contributed by atoms with van der Waals surface area (Å²) >= 11 is 0. The zero-order valence-electron chi connectivity index (χ0n) is 21.4. The van der Waals surface area contributed by atoms with Crippen LogP contribution in [0.4, 0.5) is 10.1 Å². The van der Waals surface area contributed by atoms with Crippen LogP contribution < -0.4 is 0 Å². The maximum Gasteiger partial charge on any atom is 0.295 e. The minimum Gasteiger partial charge on any atom is -0.507 e. The highest BCUT2D eigenvalue weighted by molar-refractivity contribution is 6.46. The molecule has 0 aliphatic carbocycles. The number of Topliss-reactive ketones (excluding diaryl/α,β-unsaturated/α-hetero) is 1. The minimum atomic E-state index is -1.10. The molecule has 1 amide bonds. The van der Waals surface area contributed by atoms with Gasteiger partial charge in [0.2, 0.25) is 0 Å². The lowest BCUT2D eigenvalue weighted by Gasteiger charge is -2.27. The molecule has 0 unspecified atom stereocenters. The number of amides is 1. The number of nitro benzene ring substituents is 1. The molecule has 2 aromatic carbocycles. The average Bonchev–Trinajstić information content (AvgIpc) is 3.14. The Morgan fingerprint density at radius 2 is 1.59 bits per heavy atom. The van der Waals surface area contributed by atoms with E-state index in [9.17, 15) is 29.2 Å². The van der Waals surface area contributed by atoms with Gasteiger partial charge >= 0.3 is 0 Å². The number of carbonyl (C=O) groups excluding carboxylic acids is 2. The summed E-state index contributed by atoms with van der Waals surface area (Å²) in [5.41, 5.74) is -0.162. The maximum atomic E-state index is 14.9. The summed E-state index contributed by atoms with van der Waals surface area (Å²) < 4.78 is 14.9. The standard InChI is InChI=1S/C28H34FN3O5/c1-3-5-16-30(17-6-4-2)18-9-19-31-25(22-10-7-8-11-23(22)29)24(27(34)28(31)35)26(33)20-12-14-21(15-13-20)32(36)37/h7-8,10-15,25,33H,3-6,9,16-19H2,1-2H3/t25-/m0/s1. The molecule has 1 aliphatic heterocycles. The number of hydrogen-bond acceptors (Lipinski definition) is 6. The average molecular weight is 512 g/mol. The Hall–Kier alpha value is -3.59. The summed E-state index contributed by atoms with van der Waals surface area (Å²) in [5.74, 6) is -2.79. The van der Waals surface area contributed by atoms with Gasteiger partial charge in [-0.1, -0.05) is 44.9 Å². The van der Waals surface area contributed by atoms with Crippen LogP contribution in [0, 0.1) is 15.9 Å². The number of likely N-dealkylation sites (tertiary alicyclic amines) is 1. The van der Waals surface area contributed by atoms with Crippen LogP contribution in [-0.4, -0.2) is 57.7 Å². The third-order valence-corrected chi connectivity index (χ3v) is 6.62. The highest BCUT2D eigenvalue weighted by Crippen LogP contribution is 2.40. The van der Waals surface area contributed by atoms with E-state index in [0.29, 0.717) is 6.42 Å². The molecule has 8 nitrogen and oxygen atoms in total. The highest BCUT2D eigenvalue weighted by Gasteiger charge is 2.46. The molecular weight excluding hydrogens is 477 g/mol. The van der Waals surface area contributed by atoms with Crippen LogP contribution in [-0.2, 0) is 9.59 Å². The molecular formula is C28H34FN3O5. The topological polar surface area (TPSA) is 104 Å². The molecule has 2 aromatic rings. The molecule has 1 N–H and O–H groups in total. The monoisotopic (exact) mass is 511 g/mol. The fourth-order valence-electron chi connectivity index (χ4n) is 4.59. The lowest BCUT2D eigenvalue weighted by atomic mass is 9.95. The number of nitrogens with zero attached hydrogens (tertiary/aromatic N) is 3. The number of aliphatic hydroxyl groups is 1. The van der Waals surface area contributed by atoms with E-state index in [1.807, 2.05) is 0 Å². The normalized spacial score (nSPS) is 17.1. The fourth-order valence-corrected chi connectivity index (χ4v) is 4.59. The van der Waals surface area contributed by atoms with Crippen LogP contribution >= 0.6 is 0 Å². The molecule has 0 aromatic heterocycles. The first-order valence-electron chi connectivity index (χ1n) is 12.8. The van der Waals surface area contributed by atoms with Gasteiger partial charge in [-0.25, -0.2) is 4.39 Å². The molecule has 0 bridgehead atoms. The van der Waals surface area contributed by atoms with E-state index in [1.165, 1.54) is 47.4 Å². The van der Waals surface area contributed by atoms with Crippen LogP contribution in [0.3, 0.4) is 0 Å². The summed E-state index contributed by atoms with van der Waals surface area (Å²) in [6.07, 6.45) is 4.88. The molecule has 9 heteroatoms. The Balaban J connectivity index is 1.94. The van der Waals surface area contributed by atoms with Crippen molar-refractivity contribution in [2.75, 3.05) is 26.2 Å². The predicted octanol–water partition coefficient (Wildman–Crippen LogP) is 5.45. The van der Waals surface area contributed by atoms with E-state index >= 15 is 0 Å².